The van der Waals surface area contributed by atoms with E-state index in [0.717, 1.165) is 0 Å². The van der Waals surface area contributed by atoms with E-state index in [1.165, 1.54) is 7.11 Å². The second-order valence-electron chi connectivity index (χ2n) is 4.12. The van der Waals surface area contributed by atoms with E-state index in [9.17, 15) is 9.59 Å². The van der Waals surface area contributed by atoms with Crippen LogP contribution in [0.2, 0.25) is 5.02 Å². The van der Waals surface area contributed by atoms with Gasteiger partial charge in [0, 0.05) is 18.7 Å². The Morgan fingerprint density at radius 2 is 2.19 bits per heavy atom. The second-order valence-corrected chi connectivity index (χ2v) is 5.41. The van der Waals surface area contributed by atoms with Crippen molar-refractivity contribution in [2.75, 3.05) is 20.3 Å². The van der Waals surface area contributed by atoms with Crippen molar-refractivity contribution in [3.63, 3.8) is 0 Å². The smallest absolute Gasteiger partial charge is 0.306 e. The molecule has 2 N–H and O–H groups in total. The Bertz CT molecular complexity index is 511. The maximum absolute atomic E-state index is 11.6. The van der Waals surface area contributed by atoms with Crippen molar-refractivity contribution in [3.05, 3.63) is 27.7 Å². The molecule has 0 bridgehead atoms. The molecule has 0 radical (unpaired) electrons. The average Bonchev–Trinajstić information content (AvgIpc) is 2.42. The first-order chi connectivity index (χ1) is 9.92. The Balaban J connectivity index is 2.38. The standard InChI is InChI=1S/C13H15BrClNO5/c1-20-9(5-13(18)19)6-16-12(17)7-21-11-3-2-8(15)4-10(11)14/h2-4,9H,5-7H2,1H3,(H,16,17)(H,18,19). The van der Waals surface area contributed by atoms with E-state index in [2.05, 4.69) is 21.2 Å². The summed E-state index contributed by atoms with van der Waals surface area (Å²) in [6, 6.07) is 4.94. The molecule has 116 valence electrons. The number of rotatable bonds is 8. The summed E-state index contributed by atoms with van der Waals surface area (Å²) in [5.41, 5.74) is 0. The van der Waals surface area contributed by atoms with Gasteiger partial charge in [0.2, 0.25) is 0 Å². The minimum Gasteiger partial charge on any atom is -0.483 e. The van der Waals surface area contributed by atoms with Gasteiger partial charge in [-0.3, -0.25) is 9.59 Å². The number of methoxy groups -OCH3 is 1. The van der Waals surface area contributed by atoms with Crippen LogP contribution in [0, 0.1) is 0 Å². The molecule has 0 heterocycles. The number of halogens is 2. The van der Waals surface area contributed by atoms with Gasteiger partial charge in [-0.2, -0.15) is 0 Å². The molecule has 21 heavy (non-hydrogen) atoms. The van der Waals surface area contributed by atoms with Crippen molar-refractivity contribution in [3.8, 4) is 5.75 Å². The monoisotopic (exact) mass is 379 g/mol. The predicted molar refractivity (Wildman–Crippen MR) is 80.7 cm³/mol. The topological polar surface area (TPSA) is 84.9 Å². The molecule has 0 spiro atoms. The maximum atomic E-state index is 11.6. The van der Waals surface area contributed by atoms with Crippen LogP contribution in [0.4, 0.5) is 0 Å². The van der Waals surface area contributed by atoms with E-state index >= 15 is 0 Å². The first-order valence-corrected chi connectivity index (χ1v) is 7.18. The van der Waals surface area contributed by atoms with Crippen LogP contribution in [0.1, 0.15) is 6.42 Å². The number of benzene rings is 1. The summed E-state index contributed by atoms with van der Waals surface area (Å²) in [4.78, 5) is 22.2. The quantitative estimate of drug-likeness (QED) is 0.721. The molecule has 1 aromatic rings. The minimum absolute atomic E-state index is 0.104. The molecule has 1 amide bonds. The fraction of sp³-hybridized carbons (Fsp3) is 0.385. The van der Waals surface area contributed by atoms with E-state index in [4.69, 9.17) is 26.2 Å². The first kappa shape index (κ1) is 17.7. The molecule has 1 rings (SSSR count). The van der Waals surface area contributed by atoms with Crippen LogP contribution in [-0.4, -0.2) is 43.3 Å². The third-order valence-corrected chi connectivity index (χ3v) is 3.37. The van der Waals surface area contributed by atoms with Gasteiger partial charge in [0.05, 0.1) is 17.0 Å². The number of amides is 1. The number of carboxylic acid groups (broad SMARTS) is 1. The molecule has 1 atom stereocenters. The molecule has 0 aliphatic rings. The highest BCUT2D eigenvalue weighted by Gasteiger charge is 2.14. The number of hydrogen-bond acceptors (Lipinski definition) is 4. The molecule has 0 aromatic heterocycles. The summed E-state index contributed by atoms with van der Waals surface area (Å²) in [5.74, 6) is -0.870. The summed E-state index contributed by atoms with van der Waals surface area (Å²) >= 11 is 9.07. The van der Waals surface area contributed by atoms with Gasteiger partial charge in [0.15, 0.2) is 6.61 Å². The van der Waals surface area contributed by atoms with E-state index in [1.807, 2.05) is 0 Å². The average molecular weight is 381 g/mol. The number of nitrogens with one attached hydrogen (secondary N) is 1. The molecular weight excluding hydrogens is 366 g/mol. The lowest BCUT2D eigenvalue weighted by Crippen LogP contribution is -2.37. The molecule has 8 heteroatoms. The first-order valence-electron chi connectivity index (χ1n) is 6.01. The Hall–Kier alpha value is -1.31. The Morgan fingerprint density at radius 1 is 1.48 bits per heavy atom. The Morgan fingerprint density at radius 3 is 2.76 bits per heavy atom. The fourth-order valence-corrected chi connectivity index (χ4v) is 2.25. The van der Waals surface area contributed by atoms with E-state index in [0.29, 0.717) is 15.2 Å². The van der Waals surface area contributed by atoms with Gasteiger partial charge >= 0.3 is 5.97 Å². The molecular formula is C13H15BrClNO5. The number of carbonyl (C=O) groups is 2. The highest BCUT2D eigenvalue weighted by Crippen LogP contribution is 2.27. The Labute approximate surface area is 135 Å². The number of ether oxygens (including phenoxy) is 2. The number of carbonyl (C=O) groups excluding carboxylic acids is 1. The molecule has 0 aliphatic heterocycles. The molecule has 1 aromatic carbocycles. The Kier molecular flexibility index (Phi) is 7.49. The number of aliphatic carboxylic acids is 1. The van der Waals surface area contributed by atoms with E-state index in [1.54, 1.807) is 18.2 Å². The van der Waals surface area contributed by atoms with Crippen molar-refractivity contribution in [2.24, 2.45) is 0 Å². The lowest BCUT2D eigenvalue weighted by Gasteiger charge is -2.14. The zero-order valence-electron chi connectivity index (χ0n) is 11.3. The fourth-order valence-electron chi connectivity index (χ4n) is 1.45. The van der Waals surface area contributed by atoms with E-state index in [-0.39, 0.29) is 25.5 Å². The van der Waals surface area contributed by atoms with Crippen molar-refractivity contribution >= 4 is 39.4 Å². The SMILES string of the molecule is COC(CNC(=O)COc1ccc(Cl)cc1Br)CC(=O)O. The van der Waals surface area contributed by atoms with Crippen LogP contribution in [0.5, 0.6) is 5.75 Å². The maximum Gasteiger partial charge on any atom is 0.306 e. The number of hydrogen-bond donors (Lipinski definition) is 2. The normalized spacial score (nSPS) is 11.8. The molecule has 0 saturated heterocycles. The zero-order valence-corrected chi connectivity index (χ0v) is 13.6. The third-order valence-electron chi connectivity index (χ3n) is 2.52. The summed E-state index contributed by atoms with van der Waals surface area (Å²) in [5, 5.41) is 11.7. The van der Waals surface area contributed by atoms with Crippen LogP contribution in [0.15, 0.2) is 22.7 Å². The molecule has 0 aliphatic carbocycles. The van der Waals surface area contributed by atoms with Crippen molar-refractivity contribution < 1.29 is 24.2 Å². The van der Waals surface area contributed by atoms with Gasteiger partial charge in [-0.1, -0.05) is 11.6 Å². The van der Waals surface area contributed by atoms with E-state index < -0.39 is 12.1 Å². The van der Waals surface area contributed by atoms with Crippen molar-refractivity contribution in [1.82, 2.24) is 5.32 Å². The molecule has 0 fully saturated rings. The largest absolute Gasteiger partial charge is 0.483 e. The zero-order chi connectivity index (χ0) is 15.8. The predicted octanol–water partition coefficient (Wildman–Crippen LogP) is 2.09. The summed E-state index contributed by atoms with van der Waals surface area (Å²) < 4.78 is 10.9. The lowest BCUT2D eigenvalue weighted by molar-refractivity contribution is -0.140. The van der Waals surface area contributed by atoms with Gasteiger partial charge in [-0.25, -0.2) is 0 Å². The highest BCUT2D eigenvalue weighted by atomic mass is 79.9. The summed E-state index contributed by atoms with van der Waals surface area (Å²) in [6.07, 6.45) is -0.755. The van der Waals surface area contributed by atoms with Gasteiger partial charge in [-0.05, 0) is 34.1 Å². The number of carboxylic acids is 1. The van der Waals surface area contributed by atoms with Crippen LogP contribution < -0.4 is 10.1 Å². The van der Waals surface area contributed by atoms with Crippen LogP contribution in [-0.2, 0) is 14.3 Å². The van der Waals surface area contributed by atoms with Gasteiger partial charge in [0.25, 0.3) is 5.91 Å². The third kappa shape index (κ3) is 6.79. The van der Waals surface area contributed by atoms with Crippen LogP contribution >= 0.6 is 27.5 Å². The summed E-state index contributed by atoms with van der Waals surface area (Å²) in [6.45, 7) is -0.0868. The molecule has 6 nitrogen and oxygen atoms in total. The van der Waals surface area contributed by atoms with Crippen LogP contribution in [0.25, 0.3) is 0 Å². The molecule has 0 saturated carbocycles. The van der Waals surface area contributed by atoms with Gasteiger partial charge < -0.3 is 19.9 Å². The lowest BCUT2D eigenvalue weighted by atomic mass is 10.2. The second kappa shape index (κ2) is 8.86. The van der Waals surface area contributed by atoms with Gasteiger partial charge in [0.1, 0.15) is 5.75 Å². The van der Waals surface area contributed by atoms with Gasteiger partial charge in [-0.15, -0.1) is 0 Å². The molecule has 1 unspecified atom stereocenters. The van der Waals surface area contributed by atoms with Crippen LogP contribution in [0.3, 0.4) is 0 Å². The van der Waals surface area contributed by atoms with Crippen molar-refractivity contribution in [2.45, 2.75) is 12.5 Å². The summed E-state index contributed by atoms with van der Waals surface area (Å²) in [7, 11) is 1.39. The highest BCUT2D eigenvalue weighted by molar-refractivity contribution is 9.10. The van der Waals surface area contributed by atoms with Crippen molar-refractivity contribution in [1.29, 1.82) is 0 Å². The minimum atomic E-state index is -0.988.